The SMILES string of the molecule is C=CC(N)c1ccnc2ccccc12. The molecule has 1 unspecified atom stereocenters. The van der Waals surface area contributed by atoms with Crippen LogP contribution in [0.15, 0.2) is 49.2 Å². The van der Waals surface area contributed by atoms with Crippen LogP contribution in [-0.2, 0) is 0 Å². The Morgan fingerprint density at radius 3 is 2.86 bits per heavy atom. The monoisotopic (exact) mass is 184 g/mol. The number of pyridine rings is 1. The van der Waals surface area contributed by atoms with Gasteiger partial charge in [-0.1, -0.05) is 24.3 Å². The van der Waals surface area contributed by atoms with Crippen molar-refractivity contribution in [3.8, 4) is 0 Å². The maximum atomic E-state index is 5.91. The highest BCUT2D eigenvalue weighted by atomic mass is 14.7. The lowest BCUT2D eigenvalue weighted by Gasteiger charge is -2.09. The van der Waals surface area contributed by atoms with Gasteiger partial charge in [0.1, 0.15) is 0 Å². The highest BCUT2D eigenvalue weighted by Crippen LogP contribution is 2.21. The number of aromatic nitrogens is 1. The van der Waals surface area contributed by atoms with Crippen molar-refractivity contribution in [2.45, 2.75) is 6.04 Å². The molecule has 0 aliphatic heterocycles. The van der Waals surface area contributed by atoms with Crippen molar-refractivity contribution >= 4 is 10.9 Å². The second-order valence-corrected chi connectivity index (χ2v) is 3.18. The summed E-state index contributed by atoms with van der Waals surface area (Å²) in [5.41, 5.74) is 7.96. The molecule has 1 atom stereocenters. The Labute approximate surface area is 83.1 Å². The molecule has 1 aromatic heterocycles. The van der Waals surface area contributed by atoms with Gasteiger partial charge in [0.15, 0.2) is 0 Å². The summed E-state index contributed by atoms with van der Waals surface area (Å²) in [6, 6.07) is 9.79. The maximum absolute atomic E-state index is 5.91. The molecule has 0 spiro atoms. The first-order chi connectivity index (χ1) is 6.83. The van der Waals surface area contributed by atoms with Crippen LogP contribution in [0.25, 0.3) is 10.9 Å². The molecule has 1 heterocycles. The minimum Gasteiger partial charge on any atom is -0.321 e. The smallest absolute Gasteiger partial charge is 0.0705 e. The maximum Gasteiger partial charge on any atom is 0.0705 e. The summed E-state index contributed by atoms with van der Waals surface area (Å²) in [4.78, 5) is 4.27. The van der Waals surface area contributed by atoms with Gasteiger partial charge in [0, 0.05) is 17.6 Å². The fourth-order valence-electron chi connectivity index (χ4n) is 1.54. The van der Waals surface area contributed by atoms with E-state index in [0.29, 0.717) is 0 Å². The van der Waals surface area contributed by atoms with Gasteiger partial charge in [0.2, 0.25) is 0 Å². The van der Waals surface area contributed by atoms with Crippen molar-refractivity contribution in [3.63, 3.8) is 0 Å². The molecule has 0 radical (unpaired) electrons. The number of nitrogens with two attached hydrogens (primary N) is 1. The summed E-state index contributed by atoms with van der Waals surface area (Å²) in [5.74, 6) is 0. The molecule has 70 valence electrons. The lowest BCUT2D eigenvalue weighted by Crippen LogP contribution is -2.07. The highest BCUT2D eigenvalue weighted by molar-refractivity contribution is 5.82. The third-order valence-corrected chi connectivity index (χ3v) is 2.30. The van der Waals surface area contributed by atoms with E-state index in [-0.39, 0.29) is 6.04 Å². The Bertz CT molecular complexity index is 457. The van der Waals surface area contributed by atoms with E-state index in [1.165, 1.54) is 0 Å². The molecule has 0 saturated heterocycles. The van der Waals surface area contributed by atoms with Gasteiger partial charge in [0.05, 0.1) is 5.52 Å². The van der Waals surface area contributed by atoms with Crippen molar-refractivity contribution in [1.29, 1.82) is 0 Å². The largest absolute Gasteiger partial charge is 0.321 e. The van der Waals surface area contributed by atoms with Gasteiger partial charge in [0.25, 0.3) is 0 Å². The number of hydrogen-bond acceptors (Lipinski definition) is 2. The number of nitrogens with zero attached hydrogens (tertiary/aromatic N) is 1. The van der Waals surface area contributed by atoms with E-state index in [1.807, 2.05) is 30.3 Å². The van der Waals surface area contributed by atoms with Crippen molar-refractivity contribution < 1.29 is 0 Å². The molecule has 2 aromatic rings. The van der Waals surface area contributed by atoms with Crippen molar-refractivity contribution in [2.24, 2.45) is 5.73 Å². The van der Waals surface area contributed by atoms with Crippen LogP contribution in [0, 0.1) is 0 Å². The molecular formula is C12H12N2. The topological polar surface area (TPSA) is 38.9 Å². The normalized spacial score (nSPS) is 12.6. The summed E-state index contributed by atoms with van der Waals surface area (Å²) >= 11 is 0. The summed E-state index contributed by atoms with van der Waals surface area (Å²) in [7, 11) is 0. The summed E-state index contributed by atoms with van der Waals surface area (Å²) in [6.07, 6.45) is 3.52. The van der Waals surface area contributed by atoms with Gasteiger partial charge in [-0.3, -0.25) is 4.98 Å². The van der Waals surface area contributed by atoms with Gasteiger partial charge >= 0.3 is 0 Å². The molecule has 0 saturated carbocycles. The van der Waals surface area contributed by atoms with Crippen LogP contribution in [0.2, 0.25) is 0 Å². The van der Waals surface area contributed by atoms with Crippen LogP contribution in [0.4, 0.5) is 0 Å². The van der Waals surface area contributed by atoms with Crippen LogP contribution in [0.5, 0.6) is 0 Å². The summed E-state index contributed by atoms with van der Waals surface area (Å²) in [5, 5.41) is 1.10. The van der Waals surface area contributed by atoms with E-state index in [0.717, 1.165) is 16.5 Å². The Kier molecular flexibility index (Phi) is 2.29. The van der Waals surface area contributed by atoms with E-state index >= 15 is 0 Å². The standard InChI is InChI=1S/C12H12N2/c1-2-11(13)9-7-8-14-12-6-4-3-5-10(9)12/h2-8,11H,1,13H2. The van der Waals surface area contributed by atoms with Crippen LogP contribution in [0.3, 0.4) is 0 Å². The molecule has 14 heavy (non-hydrogen) atoms. The van der Waals surface area contributed by atoms with Crippen molar-refractivity contribution in [3.05, 3.63) is 54.7 Å². The highest BCUT2D eigenvalue weighted by Gasteiger charge is 2.05. The zero-order chi connectivity index (χ0) is 9.97. The van der Waals surface area contributed by atoms with Gasteiger partial charge < -0.3 is 5.73 Å². The van der Waals surface area contributed by atoms with E-state index < -0.39 is 0 Å². The minimum atomic E-state index is -0.122. The predicted octanol–water partition coefficient (Wildman–Crippen LogP) is 2.42. The quantitative estimate of drug-likeness (QED) is 0.728. The van der Waals surface area contributed by atoms with Crippen molar-refractivity contribution in [1.82, 2.24) is 4.98 Å². The molecule has 2 heteroatoms. The zero-order valence-corrected chi connectivity index (χ0v) is 7.85. The number of rotatable bonds is 2. The molecule has 2 rings (SSSR count). The van der Waals surface area contributed by atoms with Crippen LogP contribution >= 0.6 is 0 Å². The predicted molar refractivity (Wildman–Crippen MR) is 58.9 cm³/mol. The fourth-order valence-corrected chi connectivity index (χ4v) is 1.54. The van der Waals surface area contributed by atoms with Gasteiger partial charge in [-0.05, 0) is 17.7 Å². The van der Waals surface area contributed by atoms with E-state index in [4.69, 9.17) is 5.73 Å². The zero-order valence-electron chi connectivity index (χ0n) is 7.85. The number of benzene rings is 1. The molecule has 0 aliphatic rings. The Morgan fingerprint density at radius 1 is 1.29 bits per heavy atom. The second kappa shape index (κ2) is 3.60. The van der Waals surface area contributed by atoms with Gasteiger partial charge in [-0.2, -0.15) is 0 Å². The molecule has 0 bridgehead atoms. The van der Waals surface area contributed by atoms with E-state index in [1.54, 1.807) is 12.3 Å². The van der Waals surface area contributed by atoms with Gasteiger partial charge in [-0.15, -0.1) is 6.58 Å². The molecule has 0 aliphatic carbocycles. The van der Waals surface area contributed by atoms with E-state index in [2.05, 4.69) is 11.6 Å². The minimum absolute atomic E-state index is 0.122. The summed E-state index contributed by atoms with van der Waals surface area (Å²) < 4.78 is 0. The van der Waals surface area contributed by atoms with Gasteiger partial charge in [-0.25, -0.2) is 0 Å². The lowest BCUT2D eigenvalue weighted by molar-refractivity contribution is 0.922. The first-order valence-corrected chi connectivity index (χ1v) is 4.54. The Morgan fingerprint density at radius 2 is 2.07 bits per heavy atom. The van der Waals surface area contributed by atoms with Crippen LogP contribution in [0.1, 0.15) is 11.6 Å². The average molecular weight is 184 g/mol. The van der Waals surface area contributed by atoms with E-state index in [9.17, 15) is 0 Å². The Hall–Kier alpha value is -1.67. The fraction of sp³-hybridized carbons (Fsp3) is 0.0833. The average Bonchev–Trinajstić information content (AvgIpc) is 2.27. The number of hydrogen-bond donors (Lipinski definition) is 1. The molecule has 2 N–H and O–H groups in total. The molecule has 2 nitrogen and oxygen atoms in total. The molecule has 0 fully saturated rings. The molecular weight excluding hydrogens is 172 g/mol. The third kappa shape index (κ3) is 1.40. The van der Waals surface area contributed by atoms with Crippen molar-refractivity contribution in [2.75, 3.05) is 0 Å². The lowest BCUT2D eigenvalue weighted by atomic mass is 10.0. The number of para-hydroxylation sites is 1. The Balaban J connectivity index is 2.70. The second-order valence-electron chi connectivity index (χ2n) is 3.18. The summed E-state index contributed by atoms with van der Waals surface area (Å²) in [6.45, 7) is 3.70. The first-order valence-electron chi connectivity index (χ1n) is 4.54. The van der Waals surface area contributed by atoms with Crippen LogP contribution in [-0.4, -0.2) is 4.98 Å². The van der Waals surface area contributed by atoms with Crippen LogP contribution < -0.4 is 5.73 Å². The molecule has 1 aromatic carbocycles. The third-order valence-electron chi connectivity index (χ3n) is 2.30. The molecule has 0 amide bonds. The first kappa shape index (κ1) is 8.91. The number of fused-ring (bicyclic) bond motifs is 1.